The van der Waals surface area contributed by atoms with Gasteiger partial charge < -0.3 is 5.32 Å². The van der Waals surface area contributed by atoms with E-state index < -0.39 is 0 Å². The first kappa shape index (κ1) is 17.5. The van der Waals surface area contributed by atoms with Gasteiger partial charge in [0.25, 0.3) is 0 Å². The van der Waals surface area contributed by atoms with Crippen LogP contribution in [0.2, 0.25) is 0 Å². The summed E-state index contributed by atoms with van der Waals surface area (Å²) in [5.74, 6) is 0.964. The molecule has 4 rings (SSSR count). The lowest BCUT2D eigenvalue weighted by atomic mass is 10.0. The lowest BCUT2D eigenvalue weighted by Crippen LogP contribution is -2.31. The van der Waals surface area contributed by atoms with Gasteiger partial charge in [0, 0.05) is 0 Å². The number of nitrogens with one attached hydrogen (secondary N) is 1. The molecular weight excluding hydrogens is 346 g/mol. The largest absolute Gasteiger partial charge is 0.348 e. The normalized spacial score (nSPS) is 18.8. The van der Waals surface area contributed by atoms with Crippen LogP contribution in [0, 0.1) is 12.8 Å². The minimum atomic E-state index is 0.0495. The summed E-state index contributed by atoms with van der Waals surface area (Å²) >= 11 is 1.44. The molecular formula is C19H25N5OS. The molecule has 0 bridgehead atoms. The van der Waals surface area contributed by atoms with Gasteiger partial charge in [-0.25, -0.2) is 4.68 Å². The highest BCUT2D eigenvalue weighted by molar-refractivity contribution is 7.99. The second kappa shape index (κ2) is 7.78. The van der Waals surface area contributed by atoms with Crippen LogP contribution < -0.4 is 5.32 Å². The van der Waals surface area contributed by atoms with E-state index in [0.29, 0.717) is 17.7 Å². The van der Waals surface area contributed by atoms with Crippen LogP contribution in [0.25, 0.3) is 0 Å². The minimum absolute atomic E-state index is 0.0495. The highest BCUT2D eigenvalue weighted by Crippen LogP contribution is 2.41. The van der Waals surface area contributed by atoms with E-state index in [1.165, 1.54) is 48.6 Å². The zero-order chi connectivity index (χ0) is 17.9. The van der Waals surface area contributed by atoms with Gasteiger partial charge in [0.05, 0.1) is 17.8 Å². The molecule has 1 amide bonds. The van der Waals surface area contributed by atoms with Crippen molar-refractivity contribution in [3.63, 3.8) is 0 Å². The van der Waals surface area contributed by atoms with Gasteiger partial charge in [-0.2, -0.15) is 0 Å². The van der Waals surface area contributed by atoms with Crippen LogP contribution in [0.5, 0.6) is 0 Å². The molecule has 1 heterocycles. The van der Waals surface area contributed by atoms with Crippen molar-refractivity contribution in [2.45, 2.75) is 62.7 Å². The van der Waals surface area contributed by atoms with E-state index in [1.54, 1.807) is 0 Å². The first-order valence-electron chi connectivity index (χ1n) is 9.47. The maximum atomic E-state index is 12.5. The number of hydrogen-bond donors (Lipinski definition) is 1. The summed E-state index contributed by atoms with van der Waals surface area (Å²) in [5, 5.41) is 16.0. The number of aryl methyl sites for hydroxylation is 1. The smallest absolute Gasteiger partial charge is 0.230 e. The number of tetrazole rings is 1. The molecule has 2 aliphatic carbocycles. The molecule has 0 radical (unpaired) electrons. The Bertz CT molecular complexity index is 750. The molecule has 0 aliphatic heterocycles. The van der Waals surface area contributed by atoms with Crippen molar-refractivity contribution in [2.24, 2.45) is 5.92 Å². The predicted octanol–water partition coefficient (Wildman–Crippen LogP) is 3.46. The molecule has 1 atom stereocenters. The maximum absolute atomic E-state index is 12.5. The monoisotopic (exact) mass is 371 g/mol. The van der Waals surface area contributed by atoms with E-state index in [-0.39, 0.29) is 11.9 Å². The number of aromatic nitrogens is 4. The van der Waals surface area contributed by atoms with Crippen LogP contribution in [-0.4, -0.2) is 31.9 Å². The van der Waals surface area contributed by atoms with Gasteiger partial charge in [-0.3, -0.25) is 4.79 Å². The van der Waals surface area contributed by atoms with Gasteiger partial charge in [-0.1, -0.05) is 54.4 Å². The van der Waals surface area contributed by atoms with Gasteiger partial charge >= 0.3 is 0 Å². The van der Waals surface area contributed by atoms with E-state index >= 15 is 0 Å². The number of thioether (sulfide) groups is 1. The lowest BCUT2D eigenvalue weighted by Gasteiger charge is -2.19. The first-order chi connectivity index (χ1) is 12.7. The Balaban J connectivity index is 1.36. The number of nitrogens with zero attached hydrogens (tertiary/aromatic N) is 4. The average Bonchev–Trinajstić information content (AvgIpc) is 3.14. The van der Waals surface area contributed by atoms with E-state index in [9.17, 15) is 4.79 Å². The van der Waals surface area contributed by atoms with Crippen molar-refractivity contribution in [3.8, 4) is 0 Å². The zero-order valence-corrected chi connectivity index (χ0v) is 15.9. The van der Waals surface area contributed by atoms with E-state index in [2.05, 4.69) is 52.0 Å². The number of amides is 1. The molecule has 2 saturated carbocycles. The zero-order valence-electron chi connectivity index (χ0n) is 15.1. The van der Waals surface area contributed by atoms with Crippen molar-refractivity contribution in [1.29, 1.82) is 0 Å². The quantitative estimate of drug-likeness (QED) is 0.755. The second-order valence-electron chi connectivity index (χ2n) is 7.43. The van der Waals surface area contributed by atoms with Crippen LogP contribution >= 0.6 is 11.8 Å². The van der Waals surface area contributed by atoms with Crippen LogP contribution in [0.3, 0.4) is 0 Å². The molecule has 2 aliphatic rings. The number of hydrogen-bond acceptors (Lipinski definition) is 5. The summed E-state index contributed by atoms with van der Waals surface area (Å²) in [6.45, 7) is 2.08. The summed E-state index contributed by atoms with van der Waals surface area (Å²) in [6.07, 6.45) is 7.09. The molecule has 2 aromatic rings. The van der Waals surface area contributed by atoms with Crippen molar-refractivity contribution < 1.29 is 4.79 Å². The van der Waals surface area contributed by atoms with Crippen LogP contribution in [-0.2, 0) is 4.79 Å². The Morgan fingerprint density at radius 3 is 2.65 bits per heavy atom. The highest BCUT2D eigenvalue weighted by Gasteiger charge is 2.33. The Morgan fingerprint density at radius 1 is 1.23 bits per heavy atom. The standard InChI is InChI=1S/C19H25N5OS/c1-13-6-8-14(9-7-13)18(15-10-11-15)20-17(25)12-26-19-21-22-23-24(19)16-4-2-3-5-16/h6-9,15-16,18H,2-5,10-12H2,1H3,(H,20,25)/t18-/m0/s1. The number of carbonyl (C=O) groups is 1. The number of benzene rings is 1. The summed E-state index contributed by atoms with van der Waals surface area (Å²) in [7, 11) is 0. The molecule has 1 N–H and O–H groups in total. The lowest BCUT2D eigenvalue weighted by molar-refractivity contribution is -0.119. The highest BCUT2D eigenvalue weighted by atomic mass is 32.2. The summed E-state index contributed by atoms with van der Waals surface area (Å²) in [5.41, 5.74) is 2.44. The fraction of sp³-hybridized carbons (Fsp3) is 0.579. The summed E-state index contributed by atoms with van der Waals surface area (Å²) in [4.78, 5) is 12.5. The number of carbonyl (C=O) groups excluding carboxylic acids is 1. The average molecular weight is 372 g/mol. The Morgan fingerprint density at radius 2 is 1.96 bits per heavy atom. The van der Waals surface area contributed by atoms with Gasteiger partial charge in [-0.15, -0.1) is 5.10 Å². The first-order valence-corrected chi connectivity index (χ1v) is 10.5. The van der Waals surface area contributed by atoms with E-state index in [4.69, 9.17) is 0 Å². The van der Waals surface area contributed by atoms with E-state index in [1.807, 2.05) is 4.68 Å². The SMILES string of the molecule is Cc1ccc([C@H](NC(=O)CSc2nnnn2C2CCCC2)C2CC2)cc1. The molecule has 26 heavy (non-hydrogen) atoms. The maximum Gasteiger partial charge on any atom is 0.230 e. The molecule has 1 aromatic carbocycles. The molecule has 7 heteroatoms. The van der Waals surface area contributed by atoms with Crippen LogP contribution in [0.4, 0.5) is 0 Å². The summed E-state index contributed by atoms with van der Waals surface area (Å²) in [6, 6.07) is 9.00. The van der Waals surface area contributed by atoms with Gasteiger partial charge in [0.15, 0.2) is 0 Å². The fourth-order valence-corrected chi connectivity index (χ4v) is 4.44. The molecule has 6 nitrogen and oxygen atoms in total. The van der Waals surface area contributed by atoms with E-state index in [0.717, 1.165) is 18.0 Å². The van der Waals surface area contributed by atoms with Crippen molar-refractivity contribution in [2.75, 3.05) is 5.75 Å². The topological polar surface area (TPSA) is 72.7 Å². The molecule has 138 valence electrons. The predicted molar refractivity (Wildman–Crippen MR) is 101 cm³/mol. The van der Waals surface area contributed by atoms with Gasteiger partial charge in [0.2, 0.25) is 11.1 Å². The Kier molecular flexibility index (Phi) is 5.24. The summed E-state index contributed by atoms with van der Waals surface area (Å²) < 4.78 is 1.91. The molecule has 0 unspecified atom stereocenters. The van der Waals surface area contributed by atoms with Crippen LogP contribution in [0.1, 0.15) is 61.7 Å². The third kappa shape index (κ3) is 4.09. The molecule has 1 aromatic heterocycles. The Hall–Kier alpha value is -1.89. The minimum Gasteiger partial charge on any atom is -0.348 e. The third-order valence-electron chi connectivity index (χ3n) is 5.31. The van der Waals surface area contributed by atoms with Gasteiger partial charge in [-0.05, 0) is 54.5 Å². The van der Waals surface area contributed by atoms with Crippen molar-refractivity contribution >= 4 is 17.7 Å². The fourth-order valence-electron chi connectivity index (χ4n) is 3.68. The second-order valence-corrected chi connectivity index (χ2v) is 8.37. The number of rotatable bonds is 7. The Labute approximate surface area is 158 Å². The van der Waals surface area contributed by atoms with Gasteiger partial charge in [0.1, 0.15) is 0 Å². The third-order valence-corrected chi connectivity index (χ3v) is 6.25. The molecule has 0 spiro atoms. The molecule has 2 fully saturated rings. The molecule has 0 saturated heterocycles. The van der Waals surface area contributed by atoms with Crippen LogP contribution in [0.15, 0.2) is 29.4 Å². The van der Waals surface area contributed by atoms with Crippen molar-refractivity contribution in [1.82, 2.24) is 25.5 Å². The van der Waals surface area contributed by atoms with Crippen molar-refractivity contribution in [3.05, 3.63) is 35.4 Å².